The molecule has 1 aliphatic carbocycles. The van der Waals surface area contributed by atoms with Crippen LogP contribution in [0, 0.1) is 10.1 Å². The van der Waals surface area contributed by atoms with Gasteiger partial charge in [0.25, 0.3) is 5.69 Å². The highest BCUT2D eigenvalue weighted by Gasteiger charge is 2.24. The van der Waals surface area contributed by atoms with E-state index in [0.717, 1.165) is 12.8 Å². The SMILES string of the molecule is O=[N+]([O-])c1ccnc(OC2CC2)c1. The van der Waals surface area contributed by atoms with Crippen molar-refractivity contribution in [2.75, 3.05) is 0 Å². The minimum Gasteiger partial charge on any atom is -0.474 e. The minimum absolute atomic E-state index is 0.0191. The monoisotopic (exact) mass is 180 g/mol. The Bertz CT molecular complexity index is 336. The summed E-state index contributed by atoms with van der Waals surface area (Å²) in [6.45, 7) is 0. The van der Waals surface area contributed by atoms with Crippen LogP contribution in [0.2, 0.25) is 0 Å². The molecule has 13 heavy (non-hydrogen) atoms. The van der Waals surface area contributed by atoms with E-state index < -0.39 is 4.92 Å². The maximum Gasteiger partial charge on any atom is 0.276 e. The average molecular weight is 180 g/mol. The second-order valence-electron chi connectivity index (χ2n) is 2.93. The van der Waals surface area contributed by atoms with Gasteiger partial charge >= 0.3 is 0 Å². The van der Waals surface area contributed by atoms with E-state index in [1.54, 1.807) is 0 Å². The molecule has 0 atom stereocenters. The van der Waals surface area contributed by atoms with Crippen LogP contribution >= 0.6 is 0 Å². The first-order valence-electron chi connectivity index (χ1n) is 4.03. The lowest BCUT2D eigenvalue weighted by Gasteiger charge is -2.00. The zero-order valence-corrected chi connectivity index (χ0v) is 6.84. The zero-order chi connectivity index (χ0) is 9.26. The first-order valence-corrected chi connectivity index (χ1v) is 4.03. The fourth-order valence-electron chi connectivity index (χ4n) is 0.934. The van der Waals surface area contributed by atoms with Crippen molar-refractivity contribution in [2.24, 2.45) is 0 Å². The summed E-state index contributed by atoms with van der Waals surface area (Å²) in [6, 6.07) is 2.69. The molecule has 68 valence electrons. The molecule has 0 radical (unpaired) electrons. The molecule has 0 bridgehead atoms. The second kappa shape index (κ2) is 3.01. The number of aromatic nitrogens is 1. The van der Waals surface area contributed by atoms with Gasteiger partial charge in [0.2, 0.25) is 5.88 Å². The molecular weight excluding hydrogens is 172 g/mol. The van der Waals surface area contributed by atoms with E-state index in [0.29, 0.717) is 5.88 Å². The molecule has 0 aromatic carbocycles. The Kier molecular flexibility index (Phi) is 1.84. The topological polar surface area (TPSA) is 65.3 Å². The Hall–Kier alpha value is -1.65. The third-order valence-electron chi connectivity index (χ3n) is 1.74. The Morgan fingerprint density at radius 2 is 2.38 bits per heavy atom. The van der Waals surface area contributed by atoms with Crippen molar-refractivity contribution in [1.82, 2.24) is 4.98 Å². The molecule has 1 fully saturated rings. The summed E-state index contributed by atoms with van der Waals surface area (Å²) in [7, 11) is 0. The summed E-state index contributed by atoms with van der Waals surface area (Å²) in [5.74, 6) is 0.344. The third kappa shape index (κ3) is 1.93. The van der Waals surface area contributed by atoms with E-state index in [4.69, 9.17) is 4.74 Å². The largest absolute Gasteiger partial charge is 0.474 e. The summed E-state index contributed by atoms with van der Waals surface area (Å²) >= 11 is 0. The van der Waals surface area contributed by atoms with Crippen LogP contribution in [0.15, 0.2) is 18.3 Å². The van der Waals surface area contributed by atoms with Gasteiger partial charge < -0.3 is 4.74 Å². The van der Waals surface area contributed by atoms with Crippen LogP contribution in [-0.4, -0.2) is 16.0 Å². The number of ether oxygens (including phenoxy) is 1. The van der Waals surface area contributed by atoms with Gasteiger partial charge in [0.15, 0.2) is 0 Å². The van der Waals surface area contributed by atoms with Crippen molar-refractivity contribution in [2.45, 2.75) is 18.9 Å². The van der Waals surface area contributed by atoms with Crippen LogP contribution in [0.1, 0.15) is 12.8 Å². The first-order chi connectivity index (χ1) is 6.25. The van der Waals surface area contributed by atoms with Gasteiger partial charge in [-0.3, -0.25) is 10.1 Å². The molecule has 0 N–H and O–H groups in total. The van der Waals surface area contributed by atoms with Crippen LogP contribution < -0.4 is 4.74 Å². The van der Waals surface area contributed by atoms with Crippen LogP contribution in [0.3, 0.4) is 0 Å². The van der Waals surface area contributed by atoms with Crippen LogP contribution in [-0.2, 0) is 0 Å². The van der Waals surface area contributed by atoms with Crippen molar-refractivity contribution in [3.63, 3.8) is 0 Å². The predicted octanol–water partition coefficient (Wildman–Crippen LogP) is 1.53. The molecule has 0 unspecified atom stereocenters. The van der Waals surface area contributed by atoms with E-state index in [1.165, 1.54) is 18.3 Å². The number of nitro groups is 1. The third-order valence-corrected chi connectivity index (χ3v) is 1.74. The molecule has 1 saturated carbocycles. The molecule has 5 nitrogen and oxygen atoms in total. The number of nitrogens with zero attached hydrogens (tertiary/aromatic N) is 2. The Morgan fingerprint density at radius 3 is 3.00 bits per heavy atom. The van der Waals surface area contributed by atoms with Crippen LogP contribution in [0.5, 0.6) is 5.88 Å². The van der Waals surface area contributed by atoms with Gasteiger partial charge in [0.1, 0.15) is 6.10 Å². The standard InChI is InChI=1S/C8H8N2O3/c11-10(12)6-3-4-9-8(5-6)13-7-1-2-7/h3-5,7H,1-2H2. The van der Waals surface area contributed by atoms with Crippen LogP contribution in [0.4, 0.5) is 5.69 Å². The van der Waals surface area contributed by atoms with Gasteiger partial charge in [-0.2, -0.15) is 0 Å². The molecule has 1 aliphatic rings. The zero-order valence-electron chi connectivity index (χ0n) is 6.84. The smallest absolute Gasteiger partial charge is 0.276 e. The number of pyridine rings is 1. The Morgan fingerprint density at radius 1 is 1.62 bits per heavy atom. The fraction of sp³-hybridized carbons (Fsp3) is 0.375. The highest BCUT2D eigenvalue weighted by Crippen LogP contribution is 2.26. The first kappa shape index (κ1) is 7.97. The highest BCUT2D eigenvalue weighted by atomic mass is 16.6. The van der Waals surface area contributed by atoms with Gasteiger partial charge in [-0.15, -0.1) is 0 Å². The van der Waals surface area contributed by atoms with Crippen molar-refractivity contribution in [3.8, 4) is 5.88 Å². The number of rotatable bonds is 3. The summed E-state index contributed by atoms with van der Waals surface area (Å²) in [5.41, 5.74) is 0.0191. The Balaban J connectivity index is 2.15. The van der Waals surface area contributed by atoms with Gasteiger partial charge in [0.05, 0.1) is 11.0 Å². The normalized spacial score (nSPS) is 15.4. The lowest BCUT2D eigenvalue weighted by molar-refractivity contribution is -0.385. The molecule has 0 amide bonds. The molecule has 2 rings (SSSR count). The molecule has 1 aromatic heterocycles. The molecule has 0 saturated heterocycles. The predicted molar refractivity (Wildman–Crippen MR) is 44.5 cm³/mol. The summed E-state index contributed by atoms with van der Waals surface area (Å²) in [5, 5.41) is 10.4. The van der Waals surface area contributed by atoms with E-state index in [-0.39, 0.29) is 11.8 Å². The lowest BCUT2D eigenvalue weighted by atomic mass is 10.4. The van der Waals surface area contributed by atoms with Crippen molar-refractivity contribution < 1.29 is 9.66 Å². The molecule has 5 heteroatoms. The van der Waals surface area contributed by atoms with Gasteiger partial charge in [-0.1, -0.05) is 0 Å². The van der Waals surface area contributed by atoms with Crippen molar-refractivity contribution >= 4 is 5.69 Å². The Labute approximate surface area is 74.5 Å². The van der Waals surface area contributed by atoms with Crippen molar-refractivity contribution in [1.29, 1.82) is 0 Å². The number of hydrogen-bond donors (Lipinski definition) is 0. The fourth-order valence-corrected chi connectivity index (χ4v) is 0.934. The van der Waals surface area contributed by atoms with E-state index >= 15 is 0 Å². The second-order valence-corrected chi connectivity index (χ2v) is 2.93. The van der Waals surface area contributed by atoms with Crippen LogP contribution in [0.25, 0.3) is 0 Å². The molecule has 1 heterocycles. The molecular formula is C8H8N2O3. The summed E-state index contributed by atoms with van der Waals surface area (Å²) in [6.07, 6.45) is 3.64. The summed E-state index contributed by atoms with van der Waals surface area (Å²) < 4.78 is 5.30. The minimum atomic E-state index is -0.457. The molecule has 0 spiro atoms. The van der Waals surface area contributed by atoms with Gasteiger partial charge in [-0.25, -0.2) is 4.98 Å². The quantitative estimate of drug-likeness (QED) is 0.522. The average Bonchev–Trinajstić information content (AvgIpc) is 2.89. The van der Waals surface area contributed by atoms with Gasteiger partial charge in [-0.05, 0) is 12.8 Å². The highest BCUT2D eigenvalue weighted by molar-refractivity contribution is 5.32. The maximum absolute atomic E-state index is 10.4. The van der Waals surface area contributed by atoms with E-state index in [9.17, 15) is 10.1 Å². The van der Waals surface area contributed by atoms with Gasteiger partial charge in [0, 0.05) is 12.3 Å². The molecule has 0 aliphatic heterocycles. The lowest BCUT2D eigenvalue weighted by Crippen LogP contribution is -1.98. The van der Waals surface area contributed by atoms with E-state index in [2.05, 4.69) is 4.98 Å². The summed E-state index contributed by atoms with van der Waals surface area (Å²) in [4.78, 5) is 13.8. The van der Waals surface area contributed by atoms with Crippen molar-refractivity contribution in [3.05, 3.63) is 28.4 Å². The molecule has 1 aromatic rings. The van der Waals surface area contributed by atoms with E-state index in [1.807, 2.05) is 0 Å². The number of hydrogen-bond acceptors (Lipinski definition) is 4. The maximum atomic E-state index is 10.4.